The largest absolute Gasteiger partial charge is 0.393 e. The average molecular weight is 612 g/mol. The second-order valence-corrected chi connectivity index (χ2v) is 8.19. The van der Waals surface area contributed by atoms with Crippen LogP contribution < -0.4 is 5.32 Å². The topological polar surface area (TPSA) is 29.1 Å². The molecule has 38 heavy (non-hydrogen) atoms. The van der Waals surface area contributed by atoms with Crippen molar-refractivity contribution in [2.45, 2.75) is 66.1 Å². The van der Waals surface area contributed by atoms with Crippen LogP contribution in [-0.4, -0.2) is 59.3 Å². The molecule has 1 rings (SSSR count). The predicted octanol–water partition coefficient (Wildman–Crippen LogP) is 7.40. The molecule has 0 saturated carbocycles. The van der Waals surface area contributed by atoms with Gasteiger partial charge in [-0.25, -0.2) is 0 Å². The monoisotopic (exact) mass is 611 g/mol. The molecule has 0 atom stereocenters. The predicted molar refractivity (Wildman–Crippen MR) is 97.8 cm³/mol. The van der Waals surface area contributed by atoms with Crippen LogP contribution in [0.4, 0.5) is 70.2 Å². The number of carbonyl (C=O) groups excluding carboxylic acids is 1. The van der Waals surface area contributed by atoms with Crippen molar-refractivity contribution in [3.8, 4) is 0 Å². The second kappa shape index (κ2) is 10.4. The SMILES string of the molecule is O=C(NCCCCc1ccccc1)C(F)(F)C(F)(F)C(F)(F)C(F)(F)C(F)(F)C(F)(F)C(F)(F)C(F)(F)Cl. The number of rotatable bonds is 13. The summed E-state index contributed by atoms with van der Waals surface area (Å²) in [5.74, 6) is -60.2. The summed E-state index contributed by atoms with van der Waals surface area (Å²) < 4.78 is 215. The Hall–Kier alpha value is -2.14. The Morgan fingerprint density at radius 1 is 0.605 bits per heavy atom. The summed E-state index contributed by atoms with van der Waals surface area (Å²) in [6.07, 6.45) is -0.0229. The molecule has 0 aliphatic rings. The summed E-state index contributed by atoms with van der Waals surface area (Å²) in [5.41, 5.74) is 0.674. The van der Waals surface area contributed by atoms with Crippen LogP contribution in [0.15, 0.2) is 30.3 Å². The summed E-state index contributed by atoms with van der Waals surface area (Å²) in [6, 6.07) is 8.01. The molecule has 1 amide bonds. The Balaban J connectivity index is 3.18. The fraction of sp³-hybridized carbons (Fsp3) is 0.632. The number of nitrogens with one attached hydrogen (secondary N) is 1. The van der Waals surface area contributed by atoms with E-state index in [1.807, 2.05) is 0 Å². The van der Waals surface area contributed by atoms with E-state index in [-0.39, 0.29) is 19.3 Å². The number of benzene rings is 1. The minimum absolute atomic E-state index is 0.0568. The molecule has 0 aromatic heterocycles. The summed E-state index contributed by atoms with van der Waals surface area (Å²) in [6.45, 7) is -0.982. The molecule has 0 radical (unpaired) electrons. The lowest BCUT2D eigenvalue weighted by atomic mass is 9.89. The molecule has 220 valence electrons. The number of aryl methyl sites for hydroxylation is 1. The first-order valence-electron chi connectivity index (χ1n) is 9.78. The Bertz CT molecular complexity index is 961. The van der Waals surface area contributed by atoms with E-state index in [4.69, 9.17) is 0 Å². The van der Waals surface area contributed by atoms with Gasteiger partial charge in [0.2, 0.25) is 0 Å². The van der Waals surface area contributed by atoms with Crippen LogP contribution in [0.3, 0.4) is 0 Å². The van der Waals surface area contributed by atoms with Crippen molar-refractivity contribution in [1.82, 2.24) is 5.32 Å². The maximum Gasteiger partial charge on any atom is 0.393 e. The van der Waals surface area contributed by atoms with Gasteiger partial charge in [0.15, 0.2) is 0 Å². The van der Waals surface area contributed by atoms with Crippen LogP contribution in [0.1, 0.15) is 18.4 Å². The lowest BCUT2D eigenvalue weighted by Gasteiger charge is -2.42. The van der Waals surface area contributed by atoms with E-state index in [0.717, 1.165) is 5.32 Å². The fourth-order valence-electron chi connectivity index (χ4n) is 2.72. The van der Waals surface area contributed by atoms with Crippen molar-refractivity contribution in [2.24, 2.45) is 0 Å². The standard InChI is InChI=1S/C19H14ClF16NO/c20-19(35,36)18(33,34)17(31,32)16(29,30)15(27,28)14(25,26)13(23,24)12(21,22)11(38)37-9-5-4-8-10-6-2-1-3-7-10/h1-3,6-7H,4-5,8-9H2,(H,37,38). The van der Waals surface area contributed by atoms with Gasteiger partial charge >= 0.3 is 46.8 Å². The van der Waals surface area contributed by atoms with Gasteiger partial charge in [-0.15, -0.1) is 0 Å². The molecule has 19 heteroatoms. The van der Waals surface area contributed by atoms with E-state index in [1.54, 1.807) is 30.3 Å². The number of amides is 1. The van der Waals surface area contributed by atoms with Crippen molar-refractivity contribution < 1.29 is 75.0 Å². The molecule has 0 unspecified atom stereocenters. The molecule has 0 heterocycles. The molecule has 0 fully saturated rings. The van der Waals surface area contributed by atoms with Crippen LogP contribution in [0, 0.1) is 0 Å². The number of halogens is 17. The zero-order chi connectivity index (χ0) is 30.2. The van der Waals surface area contributed by atoms with Gasteiger partial charge in [0, 0.05) is 6.54 Å². The molecular formula is C19H14ClF16NO. The second-order valence-electron chi connectivity index (χ2n) is 7.72. The molecule has 1 aromatic carbocycles. The van der Waals surface area contributed by atoms with E-state index >= 15 is 0 Å². The zero-order valence-corrected chi connectivity index (χ0v) is 18.8. The summed E-state index contributed by atoms with van der Waals surface area (Å²) >= 11 is 3.44. The quantitative estimate of drug-likeness (QED) is 0.141. The number of carbonyl (C=O) groups is 1. The first-order valence-corrected chi connectivity index (χ1v) is 10.2. The molecule has 0 saturated heterocycles. The maximum absolute atomic E-state index is 13.8. The number of hydrogen-bond donors (Lipinski definition) is 1. The summed E-state index contributed by atoms with van der Waals surface area (Å²) in [5, 5.41) is -5.92. The van der Waals surface area contributed by atoms with Gasteiger partial charge in [-0.2, -0.15) is 70.2 Å². The smallest absolute Gasteiger partial charge is 0.351 e. The number of unbranched alkanes of at least 4 members (excludes halogenated alkanes) is 1. The van der Waals surface area contributed by atoms with Gasteiger partial charge in [0.1, 0.15) is 0 Å². The third-order valence-electron chi connectivity index (χ3n) is 5.03. The molecule has 0 aliphatic carbocycles. The van der Waals surface area contributed by atoms with Gasteiger partial charge in [0.05, 0.1) is 0 Å². The van der Waals surface area contributed by atoms with Crippen LogP contribution in [-0.2, 0) is 11.2 Å². The van der Waals surface area contributed by atoms with Crippen molar-refractivity contribution in [1.29, 1.82) is 0 Å². The molecule has 0 bridgehead atoms. The van der Waals surface area contributed by atoms with Gasteiger partial charge in [0.25, 0.3) is 5.91 Å². The third-order valence-corrected chi connectivity index (χ3v) is 5.27. The van der Waals surface area contributed by atoms with E-state index < -0.39 is 59.3 Å². The van der Waals surface area contributed by atoms with E-state index in [2.05, 4.69) is 11.6 Å². The van der Waals surface area contributed by atoms with Gasteiger partial charge in [-0.3, -0.25) is 4.79 Å². The van der Waals surface area contributed by atoms with Crippen molar-refractivity contribution in [3.05, 3.63) is 35.9 Å². The first-order chi connectivity index (χ1) is 16.7. The van der Waals surface area contributed by atoms with Gasteiger partial charge in [-0.1, -0.05) is 30.3 Å². The Morgan fingerprint density at radius 3 is 1.42 bits per heavy atom. The molecular weight excluding hydrogens is 598 g/mol. The maximum atomic E-state index is 13.8. The Morgan fingerprint density at radius 2 is 1.00 bits per heavy atom. The number of hydrogen-bond acceptors (Lipinski definition) is 1. The Kier molecular flexibility index (Phi) is 9.31. The minimum atomic E-state index is -8.60. The van der Waals surface area contributed by atoms with Crippen LogP contribution in [0.2, 0.25) is 0 Å². The Labute approximate surface area is 207 Å². The molecule has 0 aliphatic heterocycles. The third kappa shape index (κ3) is 5.33. The summed E-state index contributed by atoms with van der Waals surface area (Å²) in [4.78, 5) is 11.4. The van der Waals surface area contributed by atoms with E-state index in [1.165, 1.54) is 0 Å². The van der Waals surface area contributed by atoms with E-state index in [9.17, 15) is 75.0 Å². The highest BCUT2D eigenvalue weighted by Crippen LogP contribution is 2.64. The van der Waals surface area contributed by atoms with Crippen LogP contribution in [0.25, 0.3) is 0 Å². The lowest BCUT2D eigenvalue weighted by Crippen LogP contribution is -2.75. The van der Waals surface area contributed by atoms with Gasteiger partial charge < -0.3 is 5.32 Å². The van der Waals surface area contributed by atoms with Crippen molar-refractivity contribution in [2.75, 3.05) is 6.54 Å². The molecule has 0 spiro atoms. The minimum Gasteiger partial charge on any atom is -0.351 e. The normalized spacial score (nSPS) is 15.0. The van der Waals surface area contributed by atoms with Crippen LogP contribution in [0.5, 0.6) is 0 Å². The highest BCUT2D eigenvalue weighted by atomic mass is 35.5. The molecule has 1 aromatic rings. The van der Waals surface area contributed by atoms with Crippen molar-refractivity contribution in [3.63, 3.8) is 0 Å². The highest BCUT2D eigenvalue weighted by Gasteiger charge is 2.95. The van der Waals surface area contributed by atoms with Crippen LogP contribution >= 0.6 is 11.6 Å². The fourth-order valence-corrected chi connectivity index (χ4v) is 2.84. The summed E-state index contributed by atoms with van der Waals surface area (Å²) in [7, 11) is 0. The van der Waals surface area contributed by atoms with Gasteiger partial charge in [-0.05, 0) is 36.4 Å². The first kappa shape index (κ1) is 33.9. The van der Waals surface area contributed by atoms with E-state index in [0.29, 0.717) is 5.56 Å². The molecule has 1 N–H and O–H groups in total. The number of alkyl halides is 17. The molecule has 2 nitrogen and oxygen atoms in total. The highest BCUT2D eigenvalue weighted by molar-refractivity contribution is 6.22. The zero-order valence-electron chi connectivity index (χ0n) is 18.0. The lowest BCUT2D eigenvalue weighted by molar-refractivity contribution is -0.446. The average Bonchev–Trinajstić information content (AvgIpc) is 2.77. The van der Waals surface area contributed by atoms with Crippen molar-refractivity contribution >= 4 is 17.5 Å².